The SMILES string of the molecule is Cc1ccc(C)c(SCC(=O)N2CCCN(Cc3ccc(F)cc3)CC2)c1. The lowest BCUT2D eigenvalue weighted by molar-refractivity contribution is -0.128. The second-order valence-electron chi connectivity index (χ2n) is 7.19. The molecule has 0 saturated carbocycles. The first kappa shape index (κ1) is 19.9. The molecule has 144 valence electrons. The predicted molar refractivity (Wildman–Crippen MR) is 110 cm³/mol. The number of carbonyl (C=O) groups is 1. The Morgan fingerprint density at radius 2 is 1.81 bits per heavy atom. The Morgan fingerprint density at radius 1 is 1.04 bits per heavy atom. The minimum atomic E-state index is -0.201. The van der Waals surface area contributed by atoms with Crippen molar-refractivity contribution in [3.63, 3.8) is 0 Å². The highest BCUT2D eigenvalue weighted by Gasteiger charge is 2.19. The van der Waals surface area contributed by atoms with Gasteiger partial charge in [0.1, 0.15) is 5.82 Å². The topological polar surface area (TPSA) is 23.6 Å². The van der Waals surface area contributed by atoms with Crippen molar-refractivity contribution < 1.29 is 9.18 Å². The molecule has 0 spiro atoms. The number of hydrogen-bond acceptors (Lipinski definition) is 3. The van der Waals surface area contributed by atoms with Crippen LogP contribution in [0.4, 0.5) is 4.39 Å². The Balaban J connectivity index is 1.50. The van der Waals surface area contributed by atoms with Crippen molar-refractivity contribution in [2.75, 3.05) is 31.9 Å². The fourth-order valence-electron chi connectivity index (χ4n) is 3.32. The molecular formula is C22H27FN2OS. The summed E-state index contributed by atoms with van der Waals surface area (Å²) in [6.45, 7) is 8.36. The van der Waals surface area contributed by atoms with Gasteiger partial charge < -0.3 is 4.90 Å². The van der Waals surface area contributed by atoms with Gasteiger partial charge in [-0.25, -0.2) is 4.39 Å². The maximum Gasteiger partial charge on any atom is 0.232 e. The van der Waals surface area contributed by atoms with Gasteiger partial charge in [-0.2, -0.15) is 0 Å². The Bertz CT molecular complexity index is 778. The lowest BCUT2D eigenvalue weighted by atomic mass is 10.2. The zero-order valence-corrected chi connectivity index (χ0v) is 16.9. The summed E-state index contributed by atoms with van der Waals surface area (Å²) in [5.74, 6) is 0.500. The van der Waals surface area contributed by atoms with Gasteiger partial charge in [0.15, 0.2) is 0 Å². The Labute approximate surface area is 165 Å². The van der Waals surface area contributed by atoms with Gasteiger partial charge in [0.2, 0.25) is 5.91 Å². The first-order valence-corrected chi connectivity index (χ1v) is 10.4. The Kier molecular flexibility index (Phi) is 6.91. The smallest absolute Gasteiger partial charge is 0.232 e. The molecule has 2 aromatic rings. The van der Waals surface area contributed by atoms with Crippen molar-refractivity contribution in [3.8, 4) is 0 Å². The van der Waals surface area contributed by atoms with Crippen LogP contribution in [0.5, 0.6) is 0 Å². The third-order valence-electron chi connectivity index (χ3n) is 4.96. The lowest BCUT2D eigenvalue weighted by Gasteiger charge is -2.22. The normalized spacial score (nSPS) is 15.6. The highest BCUT2D eigenvalue weighted by atomic mass is 32.2. The predicted octanol–water partition coefficient (Wildman–Crippen LogP) is 4.27. The van der Waals surface area contributed by atoms with E-state index in [4.69, 9.17) is 0 Å². The van der Waals surface area contributed by atoms with E-state index in [0.717, 1.165) is 44.7 Å². The third kappa shape index (κ3) is 5.81. The van der Waals surface area contributed by atoms with Crippen LogP contribution < -0.4 is 0 Å². The summed E-state index contributed by atoms with van der Waals surface area (Å²) in [4.78, 5) is 18.2. The minimum absolute atomic E-state index is 0.201. The van der Waals surface area contributed by atoms with E-state index in [1.165, 1.54) is 28.2 Å². The summed E-state index contributed by atoms with van der Waals surface area (Å²) < 4.78 is 13.1. The lowest BCUT2D eigenvalue weighted by Crippen LogP contribution is -2.36. The van der Waals surface area contributed by atoms with Gasteiger partial charge in [-0.05, 0) is 49.6 Å². The van der Waals surface area contributed by atoms with Gasteiger partial charge in [0.05, 0.1) is 5.75 Å². The van der Waals surface area contributed by atoms with Crippen LogP contribution in [-0.2, 0) is 11.3 Å². The van der Waals surface area contributed by atoms with Gasteiger partial charge in [-0.15, -0.1) is 11.8 Å². The number of thioether (sulfide) groups is 1. The maximum atomic E-state index is 13.1. The quantitative estimate of drug-likeness (QED) is 0.717. The maximum absolute atomic E-state index is 13.1. The van der Waals surface area contributed by atoms with Crippen LogP contribution in [0.2, 0.25) is 0 Å². The van der Waals surface area contributed by atoms with Crippen molar-refractivity contribution in [2.45, 2.75) is 31.7 Å². The van der Waals surface area contributed by atoms with Crippen molar-refractivity contribution in [2.24, 2.45) is 0 Å². The van der Waals surface area contributed by atoms with E-state index in [0.29, 0.717) is 5.75 Å². The second kappa shape index (κ2) is 9.38. The Morgan fingerprint density at radius 3 is 2.59 bits per heavy atom. The van der Waals surface area contributed by atoms with Gasteiger partial charge in [-0.1, -0.05) is 29.8 Å². The minimum Gasteiger partial charge on any atom is -0.341 e. The molecule has 0 radical (unpaired) electrons. The fourth-order valence-corrected chi connectivity index (χ4v) is 4.35. The average molecular weight is 387 g/mol. The zero-order chi connectivity index (χ0) is 19.2. The van der Waals surface area contributed by atoms with Crippen LogP contribution in [0.25, 0.3) is 0 Å². The van der Waals surface area contributed by atoms with Crippen molar-refractivity contribution in [3.05, 3.63) is 65.0 Å². The summed E-state index contributed by atoms with van der Waals surface area (Å²) in [6, 6.07) is 13.1. The van der Waals surface area contributed by atoms with Crippen molar-refractivity contribution in [1.29, 1.82) is 0 Å². The molecule has 0 bridgehead atoms. The molecule has 3 nitrogen and oxygen atoms in total. The average Bonchev–Trinajstić information content (AvgIpc) is 2.90. The van der Waals surface area contributed by atoms with Crippen LogP contribution in [0.1, 0.15) is 23.1 Å². The zero-order valence-electron chi connectivity index (χ0n) is 16.1. The molecule has 0 aromatic heterocycles. The van der Waals surface area contributed by atoms with Crippen molar-refractivity contribution in [1.82, 2.24) is 9.80 Å². The monoisotopic (exact) mass is 386 g/mol. The molecule has 0 unspecified atom stereocenters. The molecule has 1 saturated heterocycles. The van der Waals surface area contributed by atoms with E-state index in [9.17, 15) is 9.18 Å². The number of hydrogen-bond donors (Lipinski definition) is 0. The summed E-state index contributed by atoms with van der Waals surface area (Å²) in [7, 11) is 0. The van der Waals surface area contributed by atoms with E-state index in [1.807, 2.05) is 17.0 Å². The summed E-state index contributed by atoms with van der Waals surface area (Å²) in [5.41, 5.74) is 3.56. The van der Waals surface area contributed by atoms with Crippen LogP contribution in [0.3, 0.4) is 0 Å². The molecule has 2 aromatic carbocycles. The number of halogens is 1. The Hall–Kier alpha value is -1.85. The summed E-state index contributed by atoms with van der Waals surface area (Å²) >= 11 is 1.63. The molecule has 1 heterocycles. The molecule has 3 rings (SSSR count). The molecule has 1 amide bonds. The third-order valence-corrected chi connectivity index (χ3v) is 6.10. The molecule has 5 heteroatoms. The highest BCUT2D eigenvalue weighted by molar-refractivity contribution is 8.00. The van der Waals surface area contributed by atoms with Crippen LogP contribution >= 0.6 is 11.8 Å². The van der Waals surface area contributed by atoms with Crippen molar-refractivity contribution >= 4 is 17.7 Å². The van der Waals surface area contributed by atoms with E-state index < -0.39 is 0 Å². The molecule has 1 aliphatic rings. The molecule has 27 heavy (non-hydrogen) atoms. The number of aryl methyl sites for hydroxylation is 2. The van der Waals surface area contributed by atoms with E-state index >= 15 is 0 Å². The molecule has 0 N–H and O–H groups in total. The summed E-state index contributed by atoms with van der Waals surface area (Å²) in [5, 5.41) is 0. The first-order chi connectivity index (χ1) is 13.0. The fraction of sp³-hybridized carbons (Fsp3) is 0.409. The summed E-state index contributed by atoms with van der Waals surface area (Å²) in [6.07, 6.45) is 0.973. The van der Waals surface area contributed by atoms with E-state index in [-0.39, 0.29) is 11.7 Å². The standard InChI is InChI=1S/C22H27FN2OS/c1-17-4-5-18(2)21(14-17)27-16-22(26)25-11-3-10-24(12-13-25)15-19-6-8-20(23)9-7-19/h4-9,14H,3,10-13,15-16H2,1-2H3. The highest BCUT2D eigenvalue weighted by Crippen LogP contribution is 2.24. The number of nitrogens with zero attached hydrogens (tertiary/aromatic N) is 2. The molecular weight excluding hydrogens is 359 g/mol. The van der Waals surface area contributed by atoms with Gasteiger partial charge in [0.25, 0.3) is 0 Å². The van der Waals surface area contributed by atoms with Crippen LogP contribution in [0, 0.1) is 19.7 Å². The van der Waals surface area contributed by atoms with Gasteiger partial charge >= 0.3 is 0 Å². The van der Waals surface area contributed by atoms with E-state index in [2.05, 4.69) is 36.9 Å². The van der Waals surface area contributed by atoms with Gasteiger partial charge in [-0.3, -0.25) is 9.69 Å². The first-order valence-electron chi connectivity index (χ1n) is 9.46. The van der Waals surface area contributed by atoms with E-state index in [1.54, 1.807) is 11.8 Å². The largest absolute Gasteiger partial charge is 0.341 e. The second-order valence-corrected chi connectivity index (χ2v) is 8.21. The number of amides is 1. The molecule has 1 fully saturated rings. The van der Waals surface area contributed by atoms with Crippen LogP contribution in [0.15, 0.2) is 47.4 Å². The number of benzene rings is 2. The van der Waals surface area contributed by atoms with Gasteiger partial charge in [0, 0.05) is 37.6 Å². The molecule has 1 aliphatic heterocycles. The van der Waals surface area contributed by atoms with Crippen LogP contribution in [-0.4, -0.2) is 47.6 Å². The molecule has 0 atom stereocenters. The molecule has 0 aliphatic carbocycles. The number of rotatable bonds is 5. The number of carbonyl (C=O) groups excluding carboxylic acids is 1.